The molecule has 0 radical (unpaired) electrons. The van der Waals surface area contributed by atoms with E-state index in [1.54, 1.807) is 6.20 Å². The zero-order valence-corrected chi connectivity index (χ0v) is 10.8. The average Bonchev–Trinajstić information content (AvgIpc) is 2.64. The van der Waals surface area contributed by atoms with Gasteiger partial charge >= 0.3 is 0 Å². The highest BCUT2D eigenvalue weighted by Gasteiger charge is 2.02. The maximum absolute atomic E-state index is 5.78. The van der Waals surface area contributed by atoms with Crippen LogP contribution in [0.4, 0.5) is 10.7 Å². The summed E-state index contributed by atoms with van der Waals surface area (Å²) in [5, 5.41) is 4.26. The number of nitrogens with zero attached hydrogens (tertiary/aromatic N) is 1. The van der Waals surface area contributed by atoms with Gasteiger partial charge in [0.05, 0.1) is 6.20 Å². The molecule has 16 heavy (non-hydrogen) atoms. The van der Waals surface area contributed by atoms with Gasteiger partial charge in [-0.2, -0.15) is 0 Å². The first kappa shape index (κ1) is 11.4. The summed E-state index contributed by atoms with van der Waals surface area (Å²) in [6.07, 6.45) is 1.75. The first-order valence-electron chi connectivity index (χ1n) is 5.13. The van der Waals surface area contributed by atoms with Crippen LogP contribution in [0.25, 0.3) is 0 Å². The van der Waals surface area contributed by atoms with E-state index in [-0.39, 0.29) is 0 Å². The number of anilines is 2. The summed E-state index contributed by atoms with van der Waals surface area (Å²) in [5.74, 6) is 0.534. The van der Waals surface area contributed by atoms with Gasteiger partial charge < -0.3 is 5.32 Å². The van der Waals surface area contributed by atoms with E-state index < -0.39 is 0 Å². The lowest BCUT2D eigenvalue weighted by Gasteiger charge is -2.08. The number of nitrogens with one attached hydrogen (secondary N) is 1. The van der Waals surface area contributed by atoms with Crippen LogP contribution in [0.1, 0.15) is 25.3 Å². The van der Waals surface area contributed by atoms with Gasteiger partial charge in [-0.05, 0) is 23.6 Å². The van der Waals surface area contributed by atoms with Gasteiger partial charge in [-0.25, -0.2) is 4.98 Å². The average molecular weight is 253 g/mol. The van der Waals surface area contributed by atoms with Gasteiger partial charge in [0, 0.05) is 5.69 Å². The van der Waals surface area contributed by atoms with Gasteiger partial charge in [-0.3, -0.25) is 0 Å². The van der Waals surface area contributed by atoms with E-state index in [9.17, 15) is 0 Å². The molecule has 0 fully saturated rings. The SMILES string of the molecule is CC(C)c1cccc(Nc2cnc(Cl)s2)c1. The van der Waals surface area contributed by atoms with Gasteiger partial charge in [0.2, 0.25) is 0 Å². The molecule has 2 rings (SSSR count). The van der Waals surface area contributed by atoms with Crippen molar-refractivity contribution < 1.29 is 0 Å². The molecule has 0 bridgehead atoms. The highest BCUT2D eigenvalue weighted by molar-refractivity contribution is 7.19. The lowest BCUT2D eigenvalue weighted by atomic mass is 10.0. The summed E-state index contributed by atoms with van der Waals surface area (Å²) in [7, 11) is 0. The Kier molecular flexibility index (Phi) is 3.46. The molecule has 0 aliphatic carbocycles. The minimum atomic E-state index is 0.534. The summed E-state index contributed by atoms with van der Waals surface area (Å²) < 4.78 is 0.558. The first-order valence-corrected chi connectivity index (χ1v) is 6.33. The number of hydrogen-bond donors (Lipinski definition) is 1. The molecular weight excluding hydrogens is 240 g/mol. The van der Waals surface area contributed by atoms with Crippen LogP contribution in [-0.2, 0) is 0 Å². The Morgan fingerprint density at radius 3 is 2.81 bits per heavy atom. The fourth-order valence-electron chi connectivity index (χ4n) is 1.43. The summed E-state index contributed by atoms with van der Waals surface area (Å²) in [5.41, 5.74) is 2.40. The van der Waals surface area contributed by atoms with E-state index in [0.717, 1.165) is 10.7 Å². The van der Waals surface area contributed by atoms with Crippen molar-refractivity contribution in [3.05, 3.63) is 40.5 Å². The van der Waals surface area contributed by atoms with Gasteiger partial charge in [0.1, 0.15) is 5.00 Å². The third-order valence-corrected chi connectivity index (χ3v) is 3.33. The lowest BCUT2D eigenvalue weighted by Crippen LogP contribution is -1.91. The van der Waals surface area contributed by atoms with Crippen LogP contribution in [0.3, 0.4) is 0 Å². The minimum absolute atomic E-state index is 0.534. The molecule has 1 aromatic heterocycles. The number of halogens is 1. The Bertz CT molecular complexity index is 479. The lowest BCUT2D eigenvalue weighted by molar-refractivity contribution is 0.867. The van der Waals surface area contributed by atoms with Crippen LogP contribution >= 0.6 is 22.9 Å². The van der Waals surface area contributed by atoms with E-state index in [4.69, 9.17) is 11.6 Å². The topological polar surface area (TPSA) is 24.9 Å². The van der Waals surface area contributed by atoms with Crippen LogP contribution in [0.5, 0.6) is 0 Å². The van der Waals surface area contributed by atoms with Crippen LogP contribution in [0, 0.1) is 0 Å². The predicted molar refractivity (Wildman–Crippen MR) is 70.9 cm³/mol. The fraction of sp³-hybridized carbons (Fsp3) is 0.250. The Morgan fingerprint density at radius 2 is 2.19 bits per heavy atom. The molecule has 0 unspecified atom stereocenters. The molecule has 0 aliphatic heterocycles. The number of aromatic nitrogens is 1. The number of hydrogen-bond acceptors (Lipinski definition) is 3. The van der Waals surface area contributed by atoms with Crippen molar-refractivity contribution in [2.24, 2.45) is 0 Å². The van der Waals surface area contributed by atoms with Crippen molar-refractivity contribution in [1.29, 1.82) is 0 Å². The van der Waals surface area contributed by atoms with Crippen molar-refractivity contribution in [2.45, 2.75) is 19.8 Å². The van der Waals surface area contributed by atoms with Crippen LogP contribution in [0.15, 0.2) is 30.5 Å². The second-order valence-corrected chi connectivity index (χ2v) is 5.50. The molecule has 1 N–H and O–H groups in total. The first-order chi connectivity index (χ1) is 7.65. The maximum atomic E-state index is 5.78. The normalized spacial score (nSPS) is 10.8. The van der Waals surface area contributed by atoms with Crippen molar-refractivity contribution >= 4 is 33.6 Å². The summed E-state index contributed by atoms with van der Waals surface area (Å²) in [4.78, 5) is 3.99. The second-order valence-electron chi connectivity index (χ2n) is 3.88. The molecule has 0 amide bonds. The van der Waals surface area contributed by atoms with Crippen LogP contribution in [0.2, 0.25) is 4.47 Å². The monoisotopic (exact) mass is 252 g/mol. The Balaban J connectivity index is 2.18. The third-order valence-electron chi connectivity index (χ3n) is 2.30. The molecule has 1 heterocycles. The second kappa shape index (κ2) is 4.85. The fourth-order valence-corrected chi connectivity index (χ4v) is 2.29. The van der Waals surface area contributed by atoms with Crippen molar-refractivity contribution in [2.75, 3.05) is 5.32 Å². The molecule has 2 nitrogen and oxygen atoms in total. The van der Waals surface area contributed by atoms with E-state index in [0.29, 0.717) is 10.4 Å². The van der Waals surface area contributed by atoms with Crippen LogP contribution < -0.4 is 5.32 Å². The molecule has 4 heteroatoms. The van der Waals surface area contributed by atoms with E-state index >= 15 is 0 Å². The highest BCUT2D eigenvalue weighted by atomic mass is 35.5. The zero-order valence-electron chi connectivity index (χ0n) is 9.20. The van der Waals surface area contributed by atoms with Gasteiger partial charge in [0.25, 0.3) is 0 Å². The van der Waals surface area contributed by atoms with Gasteiger partial charge in [-0.1, -0.05) is 48.9 Å². The molecule has 1 aromatic carbocycles. The molecule has 0 spiro atoms. The van der Waals surface area contributed by atoms with Gasteiger partial charge in [-0.15, -0.1) is 0 Å². The Labute approximate surface area is 104 Å². The smallest absolute Gasteiger partial charge is 0.185 e. The predicted octanol–water partition coefficient (Wildman–Crippen LogP) is 4.66. The molecule has 0 aliphatic rings. The van der Waals surface area contributed by atoms with Gasteiger partial charge in [0.15, 0.2) is 4.47 Å². The van der Waals surface area contributed by atoms with E-state index in [1.807, 2.05) is 6.07 Å². The molecule has 84 valence electrons. The van der Waals surface area contributed by atoms with E-state index in [1.165, 1.54) is 16.9 Å². The molecule has 0 atom stereocenters. The molecule has 0 saturated heterocycles. The number of rotatable bonds is 3. The van der Waals surface area contributed by atoms with Crippen molar-refractivity contribution in [3.8, 4) is 0 Å². The van der Waals surface area contributed by atoms with Crippen LogP contribution in [-0.4, -0.2) is 4.98 Å². The van der Waals surface area contributed by atoms with E-state index in [2.05, 4.69) is 42.3 Å². The Morgan fingerprint density at radius 1 is 1.38 bits per heavy atom. The maximum Gasteiger partial charge on any atom is 0.185 e. The summed E-state index contributed by atoms with van der Waals surface area (Å²) in [6, 6.07) is 8.38. The standard InChI is InChI=1S/C12H13ClN2S/c1-8(2)9-4-3-5-10(6-9)15-11-7-14-12(13)16-11/h3-8,15H,1-2H3. The van der Waals surface area contributed by atoms with Crippen molar-refractivity contribution in [1.82, 2.24) is 4.98 Å². The van der Waals surface area contributed by atoms with Crippen molar-refractivity contribution in [3.63, 3.8) is 0 Å². The Hall–Kier alpha value is -1.06. The third kappa shape index (κ3) is 2.74. The number of thiazole rings is 1. The molecule has 0 saturated carbocycles. The number of benzene rings is 1. The largest absolute Gasteiger partial charge is 0.346 e. The molecule has 2 aromatic rings. The quantitative estimate of drug-likeness (QED) is 0.859. The summed E-state index contributed by atoms with van der Waals surface area (Å²) >= 11 is 7.22. The highest BCUT2D eigenvalue weighted by Crippen LogP contribution is 2.27. The molecular formula is C12H13ClN2S. The summed E-state index contributed by atoms with van der Waals surface area (Å²) in [6.45, 7) is 4.37. The zero-order chi connectivity index (χ0) is 11.5. The minimum Gasteiger partial charge on any atom is -0.346 e.